The molecule has 7 nitrogen and oxygen atoms in total. The molecule has 0 radical (unpaired) electrons. The number of carbonyl (C=O) groups is 1. The molecule has 0 spiro atoms. The van der Waals surface area contributed by atoms with Gasteiger partial charge in [0.25, 0.3) is 0 Å². The van der Waals surface area contributed by atoms with Gasteiger partial charge in [-0.3, -0.25) is 9.63 Å². The molecule has 0 fully saturated rings. The molecule has 0 aliphatic heterocycles. The molecule has 0 saturated carbocycles. The highest BCUT2D eigenvalue weighted by Crippen LogP contribution is 2.30. The van der Waals surface area contributed by atoms with Crippen LogP contribution in [0.4, 0.5) is 0 Å². The Labute approximate surface area is 195 Å². The van der Waals surface area contributed by atoms with Gasteiger partial charge in [-0.1, -0.05) is 48.0 Å². The molecule has 1 amide bonds. The van der Waals surface area contributed by atoms with Crippen LogP contribution in [-0.2, 0) is 26.2 Å². The molecule has 32 heavy (non-hydrogen) atoms. The lowest BCUT2D eigenvalue weighted by Crippen LogP contribution is -2.25. The summed E-state index contributed by atoms with van der Waals surface area (Å²) >= 11 is 3.51. The van der Waals surface area contributed by atoms with Crippen LogP contribution in [0.1, 0.15) is 36.5 Å². The number of nitrogens with zero attached hydrogens (tertiary/aromatic N) is 1. The molecule has 2 heterocycles. The predicted molar refractivity (Wildman–Crippen MR) is 131 cm³/mol. The standard InChI is InChI=1S/C24H27BrN4O3/c1-5-11-32-29-22(30)14-18-17-7-6-16(25)13-21(17)28-19(18)8-10-24(2,3)23-20(9-12-31-4)26-15-27-23/h5-10,12-13,15,28H,1,11,14H2,2-4H3,(H,26,27)(H,29,30)/b10-8-,12-9+. The number of aromatic amines is 2. The fourth-order valence-electron chi connectivity index (χ4n) is 3.41. The van der Waals surface area contributed by atoms with Crippen molar-refractivity contribution in [2.24, 2.45) is 0 Å². The highest BCUT2D eigenvalue weighted by atomic mass is 79.9. The minimum absolute atomic E-state index is 0.171. The molecule has 0 saturated heterocycles. The molecule has 0 aliphatic carbocycles. The Bertz CT molecular complexity index is 1160. The van der Waals surface area contributed by atoms with Crippen molar-refractivity contribution in [3.05, 3.63) is 76.6 Å². The van der Waals surface area contributed by atoms with Crippen LogP contribution in [0.25, 0.3) is 23.1 Å². The third-order valence-electron chi connectivity index (χ3n) is 4.97. The van der Waals surface area contributed by atoms with E-state index in [1.54, 1.807) is 25.8 Å². The van der Waals surface area contributed by atoms with E-state index < -0.39 is 0 Å². The quantitative estimate of drug-likeness (QED) is 0.158. The van der Waals surface area contributed by atoms with Crippen molar-refractivity contribution in [1.29, 1.82) is 0 Å². The summed E-state index contributed by atoms with van der Waals surface area (Å²) in [6.07, 6.45) is 10.9. The number of amides is 1. The lowest BCUT2D eigenvalue weighted by molar-refractivity contribution is -0.131. The molecule has 3 N–H and O–H groups in total. The fourth-order valence-corrected chi connectivity index (χ4v) is 3.77. The van der Waals surface area contributed by atoms with Gasteiger partial charge in [0, 0.05) is 32.6 Å². The Morgan fingerprint density at radius 3 is 2.91 bits per heavy atom. The number of nitrogens with one attached hydrogen (secondary N) is 3. The van der Waals surface area contributed by atoms with E-state index in [9.17, 15) is 4.79 Å². The van der Waals surface area contributed by atoms with Crippen molar-refractivity contribution < 1.29 is 14.4 Å². The fraction of sp³-hybridized carbons (Fsp3) is 0.250. The minimum atomic E-state index is -0.353. The number of fused-ring (bicyclic) bond motifs is 1. The summed E-state index contributed by atoms with van der Waals surface area (Å²) in [5.41, 5.74) is 6.56. The van der Waals surface area contributed by atoms with Crippen molar-refractivity contribution in [3.8, 4) is 0 Å². The van der Waals surface area contributed by atoms with E-state index in [4.69, 9.17) is 9.57 Å². The summed E-state index contributed by atoms with van der Waals surface area (Å²) in [6, 6.07) is 5.95. The third-order valence-corrected chi connectivity index (χ3v) is 5.46. The van der Waals surface area contributed by atoms with Crippen LogP contribution < -0.4 is 5.48 Å². The molecular formula is C24H27BrN4O3. The molecule has 1 aromatic carbocycles. The second kappa shape index (κ2) is 10.5. The summed E-state index contributed by atoms with van der Waals surface area (Å²) < 4.78 is 5.99. The van der Waals surface area contributed by atoms with Gasteiger partial charge in [-0.2, -0.15) is 0 Å². The number of hydroxylamine groups is 1. The van der Waals surface area contributed by atoms with E-state index in [0.29, 0.717) is 0 Å². The Morgan fingerprint density at radius 2 is 2.16 bits per heavy atom. The first-order valence-corrected chi connectivity index (χ1v) is 10.9. The number of ether oxygens (including phenoxy) is 1. The van der Waals surface area contributed by atoms with Crippen molar-refractivity contribution in [2.45, 2.75) is 25.7 Å². The second-order valence-electron chi connectivity index (χ2n) is 7.77. The van der Waals surface area contributed by atoms with Crippen LogP contribution in [0, 0.1) is 0 Å². The molecule has 2 aromatic heterocycles. The summed E-state index contributed by atoms with van der Waals surface area (Å²) in [7, 11) is 1.60. The zero-order chi connectivity index (χ0) is 23.1. The number of hydrogen-bond acceptors (Lipinski definition) is 4. The molecule has 0 atom stereocenters. The monoisotopic (exact) mass is 498 g/mol. The first-order chi connectivity index (χ1) is 15.4. The number of benzene rings is 1. The van der Waals surface area contributed by atoms with Crippen LogP contribution in [0.5, 0.6) is 0 Å². The van der Waals surface area contributed by atoms with Crippen molar-refractivity contribution in [1.82, 2.24) is 20.4 Å². The van der Waals surface area contributed by atoms with Crippen LogP contribution in [-0.4, -0.2) is 34.6 Å². The maximum Gasteiger partial charge on any atom is 0.248 e. The van der Waals surface area contributed by atoms with Crippen LogP contribution in [0.2, 0.25) is 0 Å². The van der Waals surface area contributed by atoms with Gasteiger partial charge in [0.1, 0.15) is 0 Å². The molecule has 0 bridgehead atoms. The number of carbonyl (C=O) groups excluding carboxylic acids is 1. The zero-order valence-corrected chi connectivity index (χ0v) is 20.0. The SMILES string of the molecule is C=CCONC(=O)Cc1c(/C=C\C(C)(C)c2[nH]cnc2/C=C/OC)[nH]c2cc(Br)ccc12. The normalized spacial score (nSPS) is 12.1. The topological polar surface area (TPSA) is 92.0 Å². The first kappa shape index (κ1) is 23.6. The zero-order valence-electron chi connectivity index (χ0n) is 18.4. The van der Waals surface area contributed by atoms with E-state index >= 15 is 0 Å². The van der Waals surface area contributed by atoms with E-state index in [0.717, 1.165) is 38.0 Å². The average Bonchev–Trinajstić information content (AvgIpc) is 3.36. The number of H-pyrrole nitrogens is 2. The molecule has 0 unspecified atom stereocenters. The number of imidazole rings is 1. The van der Waals surface area contributed by atoms with Gasteiger partial charge in [-0.15, -0.1) is 6.58 Å². The maximum atomic E-state index is 12.4. The molecule has 0 aliphatic rings. The van der Waals surface area contributed by atoms with E-state index in [-0.39, 0.29) is 24.3 Å². The predicted octanol–water partition coefficient (Wildman–Crippen LogP) is 5.04. The van der Waals surface area contributed by atoms with Gasteiger partial charge < -0.3 is 14.7 Å². The van der Waals surface area contributed by atoms with Gasteiger partial charge in [-0.25, -0.2) is 10.5 Å². The van der Waals surface area contributed by atoms with Gasteiger partial charge in [-0.05, 0) is 23.8 Å². The van der Waals surface area contributed by atoms with Crippen molar-refractivity contribution in [3.63, 3.8) is 0 Å². The van der Waals surface area contributed by atoms with Crippen molar-refractivity contribution >= 4 is 44.9 Å². The van der Waals surface area contributed by atoms with E-state index in [2.05, 4.69) is 62.9 Å². The maximum absolute atomic E-state index is 12.4. The Hall–Kier alpha value is -3.10. The highest BCUT2D eigenvalue weighted by Gasteiger charge is 2.23. The van der Waals surface area contributed by atoms with Crippen LogP contribution in [0.3, 0.4) is 0 Å². The molecule has 168 valence electrons. The lowest BCUT2D eigenvalue weighted by Gasteiger charge is -2.19. The number of methoxy groups -OCH3 is 1. The number of allylic oxidation sites excluding steroid dienone is 1. The molecule has 3 rings (SSSR count). The van der Waals surface area contributed by atoms with E-state index in [1.165, 1.54) is 0 Å². The Balaban J connectivity index is 1.94. The summed E-state index contributed by atoms with van der Waals surface area (Å²) in [5.74, 6) is -0.231. The number of halogens is 1. The molecule has 8 heteroatoms. The summed E-state index contributed by atoms with van der Waals surface area (Å²) in [6.45, 7) is 8.01. The smallest absolute Gasteiger partial charge is 0.248 e. The van der Waals surface area contributed by atoms with Gasteiger partial charge in [0.15, 0.2) is 0 Å². The Kier molecular flexibility index (Phi) is 7.71. The minimum Gasteiger partial charge on any atom is -0.504 e. The summed E-state index contributed by atoms with van der Waals surface area (Å²) in [5, 5.41) is 0.981. The Morgan fingerprint density at radius 1 is 1.34 bits per heavy atom. The largest absolute Gasteiger partial charge is 0.504 e. The molecular weight excluding hydrogens is 472 g/mol. The summed E-state index contributed by atoms with van der Waals surface area (Å²) in [4.78, 5) is 28.5. The number of aromatic nitrogens is 3. The van der Waals surface area contributed by atoms with Gasteiger partial charge in [0.05, 0.1) is 44.1 Å². The number of hydrogen-bond donors (Lipinski definition) is 3. The van der Waals surface area contributed by atoms with Gasteiger partial charge >= 0.3 is 0 Å². The highest BCUT2D eigenvalue weighted by molar-refractivity contribution is 9.10. The van der Waals surface area contributed by atoms with Crippen molar-refractivity contribution in [2.75, 3.05) is 13.7 Å². The van der Waals surface area contributed by atoms with Gasteiger partial charge in [0.2, 0.25) is 5.91 Å². The lowest BCUT2D eigenvalue weighted by atomic mass is 9.87. The van der Waals surface area contributed by atoms with Crippen LogP contribution >= 0.6 is 15.9 Å². The first-order valence-electron chi connectivity index (χ1n) is 10.1. The third kappa shape index (κ3) is 5.57. The number of rotatable bonds is 10. The molecule has 3 aromatic rings. The van der Waals surface area contributed by atoms with Crippen LogP contribution in [0.15, 0.2) is 54.0 Å². The second-order valence-corrected chi connectivity index (χ2v) is 8.68. The van der Waals surface area contributed by atoms with E-state index in [1.807, 2.05) is 30.4 Å². The average molecular weight is 499 g/mol.